The number of aromatic nitrogens is 5. The van der Waals surface area contributed by atoms with Crippen LogP contribution in [0.2, 0.25) is 0 Å². The molecule has 108 valence electrons. The van der Waals surface area contributed by atoms with Gasteiger partial charge in [0.25, 0.3) is 0 Å². The van der Waals surface area contributed by atoms with Gasteiger partial charge in [0.1, 0.15) is 16.2 Å². The zero-order chi connectivity index (χ0) is 14.8. The fourth-order valence-corrected chi connectivity index (χ4v) is 3.82. The minimum absolute atomic E-state index is 0.695. The molecule has 0 spiro atoms. The van der Waals surface area contributed by atoms with Crippen molar-refractivity contribution in [2.24, 2.45) is 0 Å². The number of nitrogens with zero attached hydrogens (tertiary/aromatic N) is 5. The van der Waals surface area contributed by atoms with Crippen molar-refractivity contribution < 1.29 is 0 Å². The van der Waals surface area contributed by atoms with Crippen molar-refractivity contribution in [1.29, 1.82) is 0 Å². The van der Waals surface area contributed by atoms with Crippen LogP contribution in [0.1, 0.15) is 5.69 Å². The number of thiophene rings is 1. The van der Waals surface area contributed by atoms with Gasteiger partial charge in [0.2, 0.25) is 0 Å². The standard InChI is InChI=1S/C15H11N5S2/c1-2-5-16-11(3-1)9-20-7-6-17-15(20)22-14-12-4-8-21-13(12)18-10-19-14/h1-8,10H,9H2. The van der Waals surface area contributed by atoms with Crippen LogP contribution < -0.4 is 0 Å². The van der Waals surface area contributed by atoms with Crippen molar-refractivity contribution >= 4 is 33.3 Å². The molecular formula is C15H11N5S2. The highest BCUT2D eigenvalue weighted by atomic mass is 32.2. The predicted molar refractivity (Wildman–Crippen MR) is 87.1 cm³/mol. The Hall–Kier alpha value is -2.25. The van der Waals surface area contributed by atoms with Crippen molar-refractivity contribution in [3.63, 3.8) is 0 Å². The van der Waals surface area contributed by atoms with Gasteiger partial charge in [-0.05, 0) is 35.3 Å². The molecule has 22 heavy (non-hydrogen) atoms. The van der Waals surface area contributed by atoms with Gasteiger partial charge in [0.05, 0.1) is 12.2 Å². The lowest BCUT2D eigenvalue weighted by atomic mass is 10.3. The Morgan fingerprint density at radius 1 is 1.05 bits per heavy atom. The molecule has 0 amide bonds. The molecule has 4 aromatic rings. The molecule has 0 aromatic carbocycles. The molecule has 0 aliphatic rings. The summed E-state index contributed by atoms with van der Waals surface area (Å²) in [5.74, 6) is 0. The molecule has 0 aliphatic heterocycles. The first-order valence-electron chi connectivity index (χ1n) is 6.67. The van der Waals surface area contributed by atoms with Crippen LogP contribution in [0.5, 0.6) is 0 Å². The van der Waals surface area contributed by atoms with Gasteiger partial charge in [-0.15, -0.1) is 11.3 Å². The summed E-state index contributed by atoms with van der Waals surface area (Å²) in [6.45, 7) is 0.695. The van der Waals surface area contributed by atoms with E-state index < -0.39 is 0 Å². The number of rotatable bonds is 4. The van der Waals surface area contributed by atoms with Gasteiger partial charge >= 0.3 is 0 Å². The van der Waals surface area contributed by atoms with E-state index in [9.17, 15) is 0 Å². The van der Waals surface area contributed by atoms with Gasteiger partial charge in [-0.1, -0.05) is 6.07 Å². The third kappa shape index (κ3) is 2.60. The Morgan fingerprint density at radius 2 is 2.05 bits per heavy atom. The quantitative estimate of drug-likeness (QED) is 0.538. The average Bonchev–Trinajstić information content (AvgIpc) is 3.19. The molecule has 0 bridgehead atoms. The van der Waals surface area contributed by atoms with Gasteiger partial charge < -0.3 is 4.57 Å². The van der Waals surface area contributed by atoms with E-state index in [0.29, 0.717) is 6.54 Å². The monoisotopic (exact) mass is 325 g/mol. The first kappa shape index (κ1) is 13.4. The highest BCUT2D eigenvalue weighted by molar-refractivity contribution is 7.99. The maximum Gasteiger partial charge on any atom is 0.174 e. The van der Waals surface area contributed by atoms with Crippen molar-refractivity contribution in [3.8, 4) is 0 Å². The first-order chi connectivity index (χ1) is 10.9. The van der Waals surface area contributed by atoms with Crippen LogP contribution in [0.15, 0.2) is 64.7 Å². The fourth-order valence-electron chi connectivity index (χ4n) is 2.12. The second-order valence-corrected chi connectivity index (χ2v) is 6.43. The summed E-state index contributed by atoms with van der Waals surface area (Å²) in [7, 11) is 0. The molecular weight excluding hydrogens is 314 g/mol. The van der Waals surface area contributed by atoms with Gasteiger partial charge in [-0.25, -0.2) is 15.0 Å². The zero-order valence-corrected chi connectivity index (χ0v) is 13.1. The molecule has 7 heteroatoms. The molecule has 0 unspecified atom stereocenters. The predicted octanol–water partition coefficient (Wildman–Crippen LogP) is 3.48. The minimum atomic E-state index is 0.695. The molecule has 0 N–H and O–H groups in total. The molecule has 0 atom stereocenters. The van der Waals surface area contributed by atoms with Crippen LogP contribution in [0.4, 0.5) is 0 Å². The van der Waals surface area contributed by atoms with Crippen LogP contribution in [0, 0.1) is 0 Å². The second kappa shape index (κ2) is 5.86. The Morgan fingerprint density at radius 3 is 2.95 bits per heavy atom. The van der Waals surface area contributed by atoms with Crippen molar-refractivity contribution in [1.82, 2.24) is 24.5 Å². The fraction of sp³-hybridized carbons (Fsp3) is 0.0667. The van der Waals surface area contributed by atoms with Gasteiger partial charge in [-0.2, -0.15) is 0 Å². The lowest BCUT2D eigenvalue weighted by molar-refractivity contribution is 0.693. The molecule has 0 radical (unpaired) electrons. The highest BCUT2D eigenvalue weighted by Gasteiger charge is 2.11. The normalized spacial score (nSPS) is 11.1. The van der Waals surface area contributed by atoms with Crippen molar-refractivity contribution in [2.75, 3.05) is 0 Å². The minimum Gasteiger partial charge on any atom is -0.320 e. The van der Waals surface area contributed by atoms with E-state index in [1.54, 1.807) is 41.8 Å². The summed E-state index contributed by atoms with van der Waals surface area (Å²) >= 11 is 3.17. The van der Waals surface area contributed by atoms with Crippen molar-refractivity contribution in [3.05, 3.63) is 60.3 Å². The molecule has 0 aliphatic carbocycles. The Labute approximate surface area is 135 Å². The number of imidazole rings is 1. The molecule has 5 nitrogen and oxygen atoms in total. The number of fused-ring (bicyclic) bond motifs is 1. The summed E-state index contributed by atoms with van der Waals surface area (Å²) in [6, 6.07) is 7.97. The summed E-state index contributed by atoms with van der Waals surface area (Å²) in [6.07, 6.45) is 7.17. The second-order valence-electron chi connectivity index (χ2n) is 4.58. The Kier molecular flexibility index (Phi) is 3.57. The summed E-state index contributed by atoms with van der Waals surface area (Å²) in [4.78, 5) is 18.5. The topological polar surface area (TPSA) is 56.5 Å². The van der Waals surface area contributed by atoms with Crippen LogP contribution in [0.3, 0.4) is 0 Å². The average molecular weight is 325 g/mol. The summed E-state index contributed by atoms with van der Waals surface area (Å²) in [5, 5.41) is 4.94. The summed E-state index contributed by atoms with van der Waals surface area (Å²) in [5.41, 5.74) is 1.01. The molecule has 4 heterocycles. The third-order valence-electron chi connectivity index (χ3n) is 3.15. The first-order valence-corrected chi connectivity index (χ1v) is 8.37. The van der Waals surface area contributed by atoms with E-state index in [4.69, 9.17) is 0 Å². The molecule has 0 saturated carbocycles. The van der Waals surface area contributed by atoms with E-state index in [2.05, 4.69) is 24.5 Å². The lowest BCUT2D eigenvalue weighted by Gasteiger charge is -2.07. The van der Waals surface area contributed by atoms with E-state index >= 15 is 0 Å². The smallest absolute Gasteiger partial charge is 0.174 e. The van der Waals surface area contributed by atoms with E-state index in [-0.39, 0.29) is 0 Å². The maximum absolute atomic E-state index is 4.44. The molecule has 4 aromatic heterocycles. The van der Waals surface area contributed by atoms with E-state index in [1.165, 1.54) is 0 Å². The summed E-state index contributed by atoms with van der Waals surface area (Å²) < 4.78 is 2.08. The maximum atomic E-state index is 4.44. The zero-order valence-electron chi connectivity index (χ0n) is 11.5. The Bertz CT molecular complexity index is 900. The van der Waals surface area contributed by atoms with Gasteiger partial charge in [0, 0.05) is 24.0 Å². The van der Waals surface area contributed by atoms with Gasteiger partial charge in [-0.3, -0.25) is 4.98 Å². The molecule has 4 rings (SSSR count). The number of pyridine rings is 1. The van der Waals surface area contributed by atoms with E-state index in [0.717, 1.165) is 26.1 Å². The SMILES string of the molecule is c1ccc(Cn2ccnc2Sc2ncnc3sccc23)nc1. The van der Waals surface area contributed by atoms with Crippen LogP contribution in [-0.2, 0) is 6.54 Å². The number of hydrogen-bond acceptors (Lipinski definition) is 6. The number of hydrogen-bond donors (Lipinski definition) is 0. The third-order valence-corrected chi connectivity index (χ3v) is 5.01. The van der Waals surface area contributed by atoms with Crippen molar-refractivity contribution in [2.45, 2.75) is 16.7 Å². The highest BCUT2D eigenvalue weighted by Crippen LogP contribution is 2.32. The largest absolute Gasteiger partial charge is 0.320 e. The van der Waals surface area contributed by atoms with Crippen LogP contribution >= 0.6 is 23.1 Å². The van der Waals surface area contributed by atoms with Crippen LogP contribution in [-0.4, -0.2) is 24.5 Å². The molecule has 0 fully saturated rings. The van der Waals surface area contributed by atoms with E-state index in [1.807, 2.05) is 35.8 Å². The van der Waals surface area contributed by atoms with Gasteiger partial charge in [0.15, 0.2) is 5.16 Å². The lowest BCUT2D eigenvalue weighted by Crippen LogP contribution is -2.02. The Balaban J connectivity index is 1.64. The van der Waals surface area contributed by atoms with Crippen LogP contribution in [0.25, 0.3) is 10.2 Å². The molecule has 0 saturated heterocycles.